The minimum absolute atomic E-state index is 0.351. The summed E-state index contributed by atoms with van der Waals surface area (Å²) in [7, 11) is 1.99. The molecule has 1 aliphatic rings. The first kappa shape index (κ1) is 12.9. The van der Waals surface area contributed by atoms with E-state index in [2.05, 4.69) is 41.9 Å². The van der Waals surface area contributed by atoms with Gasteiger partial charge in [0, 0.05) is 35.8 Å². The largest absolute Gasteiger partial charge is 0.303 e. The third-order valence-corrected chi connectivity index (χ3v) is 5.02. The molecular weight excluding hydrogens is 254 g/mol. The van der Waals surface area contributed by atoms with Crippen LogP contribution in [0.15, 0.2) is 17.6 Å². The summed E-state index contributed by atoms with van der Waals surface area (Å²) in [5, 5.41) is 10.5. The summed E-state index contributed by atoms with van der Waals surface area (Å²) in [5.41, 5.74) is 3.96. The molecule has 2 aromatic rings. The van der Waals surface area contributed by atoms with Gasteiger partial charge in [-0.2, -0.15) is 5.10 Å². The molecule has 2 heterocycles. The van der Waals surface area contributed by atoms with E-state index in [1.807, 2.05) is 23.1 Å². The van der Waals surface area contributed by atoms with Crippen LogP contribution in [0.5, 0.6) is 0 Å². The smallest absolute Gasteiger partial charge is 0.0641 e. The molecular formula is C15H21N3S. The lowest BCUT2D eigenvalue weighted by molar-refractivity contribution is 0.417. The molecule has 19 heavy (non-hydrogen) atoms. The number of nitrogens with zero attached hydrogens (tertiary/aromatic N) is 2. The standard InChI is InChI=1S/C15H21N3S/c1-10(13-9-18(3)17-11(13)2)16-14-5-4-6-15-12(14)7-8-19-15/h7-10,14,16H,4-6H2,1-3H3. The van der Waals surface area contributed by atoms with Crippen LogP contribution in [0.3, 0.4) is 0 Å². The van der Waals surface area contributed by atoms with Crippen molar-refractivity contribution in [3.63, 3.8) is 0 Å². The fourth-order valence-electron chi connectivity index (χ4n) is 3.09. The van der Waals surface area contributed by atoms with Gasteiger partial charge in [0.15, 0.2) is 0 Å². The molecule has 0 amide bonds. The minimum atomic E-state index is 0.351. The fourth-order valence-corrected chi connectivity index (χ4v) is 4.08. The second-order valence-corrected chi connectivity index (χ2v) is 6.48. The molecule has 0 saturated carbocycles. The Morgan fingerprint density at radius 2 is 2.37 bits per heavy atom. The Morgan fingerprint density at radius 3 is 3.11 bits per heavy atom. The molecule has 0 fully saturated rings. The molecule has 4 heteroatoms. The van der Waals surface area contributed by atoms with E-state index in [0.717, 1.165) is 5.69 Å². The zero-order chi connectivity index (χ0) is 13.4. The van der Waals surface area contributed by atoms with Crippen molar-refractivity contribution in [1.82, 2.24) is 15.1 Å². The van der Waals surface area contributed by atoms with E-state index < -0.39 is 0 Å². The minimum Gasteiger partial charge on any atom is -0.303 e. The second-order valence-electron chi connectivity index (χ2n) is 5.48. The summed E-state index contributed by atoms with van der Waals surface area (Å²) in [6.45, 7) is 4.33. The molecule has 0 saturated heterocycles. The molecule has 0 bridgehead atoms. The van der Waals surface area contributed by atoms with Crippen LogP contribution in [-0.4, -0.2) is 9.78 Å². The molecule has 3 nitrogen and oxygen atoms in total. The first-order valence-electron chi connectivity index (χ1n) is 6.97. The Labute approximate surface area is 118 Å². The lowest BCUT2D eigenvalue weighted by atomic mass is 9.93. The van der Waals surface area contributed by atoms with Gasteiger partial charge in [0.25, 0.3) is 0 Å². The number of nitrogens with one attached hydrogen (secondary N) is 1. The Bertz CT molecular complexity index is 570. The van der Waals surface area contributed by atoms with Crippen molar-refractivity contribution in [1.29, 1.82) is 0 Å². The van der Waals surface area contributed by atoms with Gasteiger partial charge < -0.3 is 5.32 Å². The fraction of sp³-hybridized carbons (Fsp3) is 0.533. The molecule has 2 atom stereocenters. The van der Waals surface area contributed by atoms with Crippen LogP contribution < -0.4 is 5.32 Å². The number of thiophene rings is 1. The van der Waals surface area contributed by atoms with Crippen LogP contribution in [0, 0.1) is 6.92 Å². The number of aryl methyl sites for hydroxylation is 3. The van der Waals surface area contributed by atoms with Crippen molar-refractivity contribution in [2.75, 3.05) is 0 Å². The second kappa shape index (κ2) is 5.10. The summed E-state index contributed by atoms with van der Waals surface area (Å²) in [4.78, 5) is 1.57. The van der Waals surface area contributed by atoms with Crippen molar-refractivity contribution in [2.24, 2.45) is 7.05 Å². The average Bonchev–Trinajstić information content (AvgIpc) is 2.96. The van der Waals surface area contributed by atoms with E-state index in [1.54, 1.807) is 4.88 Å². The summed E-state index contributed by atoms with van der Waals surface area (Å²) in [6.07, 6.45) is 5.92. The predicted molar refractivity (Wildman–Crippen MR) is 79.5 cm³/mol. The van der Waals surface area contributed by atoms with E-state index in [4.69, 9.17) is 0 Å². The molecule has 0 aromatic carbocycles. The molecule has 0 radical (unpaired) electrons. The maximum atomic E-state index is 4.44. The molecule has 3 rings (SSSR count). The quantitative estimate of drug-likeness (QED) is 0.929. The van der Waals surface area contributed by atoms with Crippen LogP contribution in [0.4, 0.5) is 0 Å². The lowest BCUT2D eigenvalue weighted by Crippen LogP contribution is -2.27. The molecule has 1 N–H and O–H groups in total. The first-order chi connectivity index (χ1) is 9.15. The van der Waals surface area contributed by atoms with Gasteiger partial charge >= 0.3 is 0 Å². The molecule has 0 aliphatic heterocycles. The molecule has 2 unspecified atom stereocenters. The Hall–Kier alpha value is -1.13. The van der Waals surface area contributed by atoms with E-state index >= 15 is 0 Å². The van der Waals surface area contributed by atoms with Gasteiger partial charge in [-0.25, -0.2) is 0 Å². The average molecular weight is 275 g/mol. The monoisotopic (exact) mass is 275 g/mol. The number of aromatic nitrogens is 2. The zero-order valence-electron chi connectivity index (χ0n) is 11.8. The van der Waals surface area contributed by atoms with E-state index in [9.17, 15) is 0 Å². The van der Waals surface area contributed by atoms with E-state index in [0.29, 0.717) is 12.1 Å². The van der Waals surface area contributed by atoms with Gasteiger partial charge in [-0.1, -0.05) is 0 Å². The van der Waals surface area contributed by atoms with Crippen molar-refractivity contribution >= 4 is 11.3 Å². The molecule has 0 spiro atoms. The third kappa shape index (κ3) is 2.47. The van der Waals surface area contributed by atoms with Gasteiger partial charge in [0.05, 0.1) is 5.69 Å². The van der Waals surface area contributed by atoms with E-state index in [1.165, 1.54) is 30.4 Å². The highest BCUT2D eigenvalue weighted by atomic mass is 32.1. The van der Waals surface area contributed by atoms with Crippen LogP contribution in [0.1, 0.15) is 53.5 Å². The highest BCUT2D eigenvalue weighted by Crippen LogP contribution is 2.34. The maximum absolute atomic E-state index is 4.44. The zero-order valence-corrected chi connectivity index (χ0v) is 12.6. The summed E-state index contributed by atoms with van der Waals surface area (Å²) in [5.74, 6) is 0. The summed E-state index contributed by atoms with van der Waals surface area (Å²) in [6, 6.07) is 3.15. The van der Waals surface area contributed by atoms with Gasteiger partial charge in [0.2, 0.25) is 0 Å². The first-order valence-corrected chi connectivity index (χ1v) is 7.85. The normalized spacial score (nSPS) is 20.3. The topological polar surface area (TPSA) is 29.9 Å². The molecule has 102 valence electrons. The van der Waals surface area contributed by atoms with Crippen molar-refractivity contribution in [2.45, 2.75) is 45.2 Å². The Kier molecular flexibility index (Phi) is 3.46. The van der Waals surface area contributed by atoms with Gasteiger partial charge in [-0.15, -0.1) is 11.3 Å². The maximum Gasteiger partial charge on any atom is 0.0641 e. The van der Waals surface area contributed by atoms with Crippen molar-refractivity contribution < 1.29 is 0 Å². The SMILES string of the molecule is Cc1nn(C)cc1C(C)NC1CCCc2sccc21. The predicted octanol–water partition coefficient (Wildman–Crippen LogP) is 3.52. The van der Waals surface area contributed by atoms with Gasteiger partial charge in [-0.3, -0.25) is 4.68 Å². The number of hydrogen-bond acceptors (Lipinski definition) is 3. The highest BCUT2D eigenvalue weighted by Gasteiger charge is 2.23. The number of fused-ring (bicyclic) bond motifs is 1. The van der Waals surface area contributed by atoms with Crippen molar-refractivity contribution in [3.05, 3.63) is 39.3 Å². The van der Waals surface area contributed by atoms with Gasteiger partial charge in [0.1, 0.15) is 0 Å². The summed E-state index contributed by atoms with van der Waals surface area (Å²) >= 11 is 1.90. The molecule has 2 aromatic heterocycles. The Balaban J connectivity index is 1.78. The highest BCUT2D eigenvalue weighted by molar-refractivity contribution is 7.10. The Morgan fingerprint density at radius 1 is 1.53 bits per heavy atom. The number of rotatable bonds is 3. The molecule has 1 aliphatic carbocycles. The van der Waals surface area contributed by atoms with Crippen LogP contribution in [-0.2, 0) is 13.5 Å². The van der Waals surface area contributed by atoms with Gasteiger partial charge in [-0.05, 0) is 50.1 Å². The van der Waals surface area contributed by atoms with Crippen molar-refractivity contribution in [3.8, 4) is 0 Å². The summed E-state index contributed by atoms with van der Waals surface area (Å²) < 4.78 is 1.90. The van der Waals surface area contributed by atoms with Crippen LogP contribution in [0.2, 0.25) is 0 Å². The van der Waals surface area contributed by atoms with E-state index in [-0.39, 0.29) is 0 Å². The lowest BCUT2D eigenvalue weighted by Gasteiger charge is -2.27. The third-order valence-electron chi connectivity index (χ3n) is 4.02. The number of hydrogen-bond donors (Lipinski definition) is 1. The van der Waals surface area contributed by atoms with Crippen LogP contribution in [0.25, 0.3) is 0 Å². The van der Waals surface area contributed by atoms with Crippen LogP contribution >= 0.6 is 11.3 Å².